The summed E-state index contributed by atoms with van der Waals surface area (Å²) in [6, 6.07) is 7.05. The van der Waals surface area contributed by atoms with Crippen molar-refractivity contribution in [1.29, 1.82) is 0 Å². The Morgan fingerprint density at radius 2 is 2.05 bits per heavy atom. The van der Waals surface area contributed by atoms with E-state index in [0.29, 0.717) is 18.0 Å². The number of hydrogen-bond donors (Lipinski definition) is 2. The van der Waals surface area contributed by atoms with Gasteiger partial charge in [-0.05, 0) is 37.5 Å². The first-order chi connectivity index (χ1) is 10.4. The fourth-order valence-corrected chi connectivity index (χ4v) is 2.79. The number of nitrogens with one attached hydrogen (secondary N) is 1. The SMILES string of the molecule is CCC(NC(=O)N1CCC(C)(C(=O)O)C1)c1ccc(Cl)cc1. The Bertz CT molecular complexity index is 561. The molecule has 2 unspecified atom stereocenters. The predicted octanol–water partition coefficient (Wildman–Crippen LogP) is 3.30. The molecule has 2 rings (SSSR count). The van der Waals surface area contributed by atoms with Gasteiger partial charge in [0.15, 0.2) is 0 Å². The summed E-state index contributed by atoms with van der Waals surface area (Å²) < 4.78 is 0. The van der Waals surface area contributed by atoms with Gasteiger partial charge in [0.05, 0.1) is 11.5 Å². The van der Waals surface area contributed by atoms with Gasteiger partial charge in [0, 0.05) is 18.1 Å². The predicted molar refractivity (Wildman–Crippen MR) is 84.9 cm³/mol. The monoisotopic (exact) mass is 324 g/mol. The number of carbonyl (C=O) groups is 2. The smallest absolute Gasteiger partial charge is 0.317 e. The number of benzene rings is 1. The molecule has 6 heteroatoms. The van der Waals surface area contributed by atoms with Crippen molar-refractivity contribution >= 4 is 23.6 Å². The quantitative estimate of drug-likeness (QED) is 0.892. The summed E-state index contributed by atoms with van der Waals surface area (Å²) in [6.45, 7) is 4.38. The van der Waals surface area contributed by atoms with Crippen molar-refractivity contribution in [3.05, 3.63) is 34.9 Å². The average molecular weight is 325 g/mol. The largest absolute Gasteiger partial charge is 0.481 e. The molecular weight excluding hydrogens is 304 g/mol. The van der Waals surface area contributed by atoms with Crippen molar-refractivity contribution < 1.29 is 14.7 Å². The molecule has 1 aliphatic rings. The lowest BCUT2D eigenvalue weighted by Gasteiger charge is -2.24. The van der Waals surface area contributed by atoms with Crippen LogP contribution >= 0.6 is 11.6 Å². The molecule has 2 atom stereocenters. The van der Waals surface area contributed by atoms with Crippen molar-refractivity contribution in [2.45, 2.75) is 32.7 Å². The van der Waals surface area contributed by atoms with Gasteiger partial charge in [0.25, 0.3) is 0 Å². The van der Waals surface area contributed by atoms with E-state index in [4.69, 9.17) is 11.6 Å². The Balaban J connectivity index is 2.01. The van der Waals surface area contributed by atoms with Gasteiger partial charge in [-0.2, -0.15) is 0 Å². The average Bonchev–Trinajstić information content (AvgIpc) is 2.90. The molecule has 0 aliphatic carbocycles. The molecule has 1 aromatic rings. The molecule has 1 aromatic carbocycles. The Labute approximate surface area is 135 Å². The zero-order valence-corrected chi connectivity index (χ0v) is 13.6. The molecule has 0 aromatic heterocycles. The third kappa shape index (κ3) is 3.53. The van der Waals surface area contributed by atoms with Gasteiger partial charge < -0.3 is 15.3 Å². The Kier molecular flexibility index (Phi) is 4.96. The van der Waals surface area contributed by atoms with E-state index in [9.17, 15) is 14.7 Å². The summed E-state index contributed by atoms with van der Waals surface area (Å²) in [5.74, 6) is -0.854. The topological polar surface area (TPSA) is 69.6 Å². The fraction of sp³-hybridized carbons (Fsp3) is 0.500. The van der Waals surface area contributed by atoms with E-state index in [1.54, 1.807) is 24.0 Å². The van der Waals surface area contributed by atoms with Gasteiger partial charge in [0.1, 0.15) is 0 Å². The number of aliphatic carboxylic acids is 1. The summed E-state index contributed by atoms with van der Waals surface area (Å²) in [5.41, 5.74) is 0.139. The van der Waals surface area contributed by atoms with E-state index in [1.165, 1.54) is 0 Å². The second-order valence-electron chi connectivity index (χ2n) is 6.00. The second-order valence-corrected chi connectivity index (χ2v) is 6.44. The molecule has 2 amide bonds. The Hall–Kier alpha value is -1.75. The number of likely N-dealkylation sites (tertiary alicyclic amines) is 1. The zero-order chi connectivity index (χ0) is 16.3. The number of carbonyl (C=O) groups excluding carboxylic acids is 1. The van der Waals surface area contributed by atoms with Crippen LogP contribution < -0.4 is 5.32 Å². The number of carboxylic acid groups (broad SMARTS) is 1. The molecule has 1 fully saturated rings. The maximum absolute atomic E-state index is 12.4. The van der Waals surface area contributed by atoms with Crippen LogP contribution in [0.2, 0.25) is 5.02 Å². The van der Waals surface area contributed by atoms with Crippen LogP contribution in [-0.4, -0.2) is 35.1 Å². The summed E-state index contributed by atoms with van der Waals surface area (Å²) in [6.07, 6.45) is 1.23. The second kappa shape index (κ2) is 6.57. The molecule has 0 saturated carbocycles. The highest BCUT2D eigenvalue weighted by Gasteiger charge is 2.42. The van der Waals surface area contributed by atoms with Crippen molar-refractivity contribution in [3.63, 3.8) is 0 Å². The van der Waals surface area contributed by atoms with Gasteiger partial charge in [-0.25, -0.2) is 4.79 Å². The molecule has 120 valence electrons. The van der Waals surface area contributed by atoms with Crippen LogP contribution in [-0.2, 0) is 4.79 Å². The van der Waals surface area contributed by atoms with Crippen molar-refractivity contribution in [2.75, 3.05) is 13.1 Å². The lowest BCUT2D eigenvalue weighted by molar-refractivity contribution is -0.147. The first-order valence-corrected chi connectivity index (χ1v) is 7.78. The molecule has 0 bridgehead atoms. The van der Waals surface area contributed by atoms with Crippen molar-refractivity contribution in [2.24, 2.45) is 5.41 Å². The first kappa shape index (κ1) is 16.6. The lowest BCUT2D eigenvalue weighted by Crippen LogP contribution is -2.42. The van der Waals surface area contributed by atoms with E-state index < -0.39 is 11.4 Å². The molecular formula is C16H21ClN2O3. The minimum atomic E-state index is -0.854. The third-order valence-corrected chi connectivity index (χ3v) is 4.51. The van der Waals surface area contributed by atoms with E-state index in [1.807, 2.05) is 19.1 Å². The highest BCUT2D eigenvalue weighted by Crippen LogP contribution is 2.30. The minimum absolute atomic E-state index is 0.110. The van der Waals surface area contributed by atoms with Gasteiger partial charge in [-0.3, -0.25) is 4.79 Å². The summed E-state index contributed by atoms with van der Waals surface area (Å²) in [5, 5.41) is 12.9. The molecule has 22 heavy (non-hydrogen) atoms. The summed E-state index contributed by atoms with van der Waals surface area (Å²) >= 11 is 5.88. The molecule has 5 nitrogen and oxygen atoms in total. The van der Waals surface area contributed by atoms with Crippen molar-refractivity contribution in [3.8, 4) is 0 Å². The van der Waals surface area contributed by atoms with Crippen LogP contribution in [0, 0.1) is 5.41 Å². The normalized spacial score (nSPS) is 22.4. The molecule has 1 aliphatic heterocycles. The fourth-order valence-electron chi connectivity index (χ4n) is 2.67. The van der Waals surface area contributed by atoms with E-state index >= 15 is 0 Å². The number of amides is 2. The van der Waals surface area contributed by atoms with Crippen LogP contribution in [0.25, 0.3) is 0 Å². The van der Waals surface area contributed by atoms with E-state index in [0.717, 1.165) is 12.0 Å². The molecule has 0 spiro atoms. The van der Waals surface area contributed by atoms with Gasteiger partial charge in [-0.1, -0.05) is 30.7 Å². The van der Waals surface area contributed by atoms with Crippen LogP contribution in [0.4, 0.5) is 4.79 Å². The lowest BCUT2D eigenvalue weighted by atomic mass is 9.90. The Morgan fingerprint density at radius 3 is 2.55 bits per heavy atom. The zero-order valence-electron chi connectivity index (χ0n) is 12.8. The highest BCUT2D eigenvalue weighted by atomic mass is 35.5. The maximum Gasteiger partial charge on any atom is 0.317 e. The summed E-state index contributed by atoms with van der Waals surface area (Å²) in [4.78, 5) is 25.2. The van der Waals surface area contributed by atoms with E-state index in [-0.39, 0.29) is 18.6 Å². The van der Waals surface area contributed by atoms with Gasteiger partial charge in [0.2, 0.25) is 0 Å². The highest BCUT2D eigenvalue weighted by molar-refractivity contribution is 6.30. The van der Waals surface area contributed by atoms with Gasteiger partial charge >= 0.3 is 12.0 Å². The number of hydrogen-bond acceptors (Lipinski definition) is 2. The molecule has 2 N–H and O–H groups in total. The number of rotatable bonds is 4. The number of nitrogens with zero attached hydrogens (tertiary/aromatic N) is 1. The minimum Gasteiger partial charge on any atom is -0.481 e. The van der Waals surface area contributed by atoms with Crippen molar-refractivity contribution in [1.82, 2.24) is 10.2 Å². The first-order valence-electron chi connectivity index (χ1n) is 7.40. The molecule has 1 saturated heterocycles. The maximum atomic E-state index is 12.4. The number of halogens is 1. The molecule has 1 heterocycles. The van der Waals surface area contributed by atoms with Crippen LogP contribution in [0.15, 0.2) is 24.3 Å². The third-order valence-electron chi connectivity index (χ3n) is 4.26. The number of carboxylic acids is 1. The van der Waals surface area contributed by atoms with Crippen LogP contribution in [0.5, 0.6) is 0 Å². The molecule has 0 radical (unpaired) electrons. The standard InChI is InChI=1S/C16H21ClN2O3/c1-3-13(11-4-6-12(17)7-5-11)18-15(22)19-9-8-16(2,10-19)14(20)21/h4-7,13H,3,8-10H2,1-2H3,(H,18,22)(H,20,21). The van der Waals surface area contributed by atoms with Crippen LogP contribution in [0.1, 0.15) is 38.3 Å². The Morgan fingerprint density at radius 1 is 1.41 bits per heavy atom. The van der Waals surface area contributed by atoms with E-state index in [2.05, 4.69) is 5.32 Å². The summed E-state index contributed by atoms with van der Waals surface area (Å²) in [7, 11) is 0. The van der Waals surface area contributed by atoms with Gasteiger partial charge in [-0.15, -0.1) is 0 Å². The van der Waals surface area contributed by atoms with Crippen LogP contribution in [0.3, 0.4) is 0 Å². The number of urea groups is 1.